The van der Waals surface area contributed by atoms with Gasteiger partial charge in [0.2, 0.25) is 11.5 Å². The van der Waals surface area contributed by atoms with Gasteiger partial charge < -0.3 is 26.1 Å². The molecular weight excluding hydrogens is 684 g/mol. The number of carbonyl (C=O) groups is 4. The molecule has 0 radical (unpaired) electrons. The van der Waals surface area contributed by atoms with E-state index in [1.807, 2.05) is 0 Å². The van der Waals surface area contributed by atoms with Gasteiger partial charge in [-0.1, -0.05) is 5.16 Å². The SMILES string of the molecule is Nc1nc(/C(=N/Oc2ccc(F)cc2)C(=O)NC2C(=O)N3C(C(=O)O)=C(CSc4ccc5nn(CC(=O)O)c(=O)n5n4)CS[C@H]23)ns1. The van der Waals surface area contributed by atoms with E-state index in [9.17, 15) is 33.5 Å². The summed E-state index contributed by atoms with van der Waals surface area (Å²) in [5.74, 6) is -4.49. The Bertz CT molecular complexity index is 2060. The van der Waals surface area contributed by atoms with Gasteiger partial charge in [-0.25, -0.2) is 14.0 Å². The number of amides is 2. The zero-order chi connectivity index (χ0) is 33.4. The molecule has 5 heterocycles. The first-order valence-electron chi connectivity index (χ1n) is 13.1. The lowest BCUT2D eigenvalue weighted by molar-refractivity contribution is -0.150. The highest BCUT2D eigenvalue weighted by Crippen LogP contribution is 2.41. The number of anilines is 1. The Morgan fingerprint density at radius 3 is 2.60 bits per heavy atom. The molecule has 0 aliphatic carbocycles. The van der Waals surface area contributed by atoms with Gasteiger partial charge in [-0.2, -0.15) is 23.7 Å². The van der Waals surface area contributed by atoms with E-state index in [2.05, 4.69) is 30.0 Å². The molecule has 2 aliphatic rings. The third-order valence-corrected chi connectivity index (χ3v) is 9.44. The van der Waals surface area contributed by atoms with E-state index in [1.54, 1.807) is 6.07 Å². The summed E-state index contributed by atoms with van der Waals surface area (Å²) in [6.07, 6.45) is 0. The molecule has 22 heteroatoms. The Balaban J connectivity index is 1.17. The number of halogens is 1. The molecule has 2 aliphatic heterocycles. The minimum atomic E-state index is -1.35. The van der Waals surface area contributed by atoms with Crippen molar-refractivity contribution in [2.45, 2.75) is 23.0 Å². The maximum Gasteiger partial charge on any atom is 0.367 e. The van der Waals surface area contributed by atoms with Crippen LogP contribution in [0.15, 0.2) is 62.6 Å². The molecule has 6 rings (SSSR count). The number of benzene rings is 1. The Labute approximate surface area is 273 Å². The molecule has 18 nitrogen and oxygen atoms in total. The smallest absolute Gasteiger partial charge is 0.367 e. The number of nitrogens with zero attached hydrogens (tertiary/aromatic N) is 8. The summed E-state index contributed by atoms with van der Waals surface area (Å²) in [4.78, 5) is 72.6. The van der Waals surface area contributed by atoms with Crippen molar-refractivity contribution >= 4 is 75.3 Å². The molecule has 242 valence electrons. The molecule has 1 aromatic carbocycles. The van der Waals surface area contributed by atoms with Crippen molar-refractivity contribution in [2.24, 2.45) is 5.16 Å². The lowest BCUT2D eigenvalue weighted by Crippen LogP contribution is -2.71. The van der Waals surface area contributed by atoms with Gasteiger partial charge in [0.15, 0.2) is 16.5 Å². The van der Waals surface area contributed by atoms with E-state index in [-0.39, 0.29) is 39.6 Å². The number of β-lactam (4-membered cyclic amide) rings is 1. The normalized spacial score (nSPS) is 17.8. The molecule has 2 atom stereocenters. The number of nitrogens with two attached hydrogens (primary N) is 1. The summed E-state index contributed by atoms with van der Waals surface area (Å²) in [7, 11) is 0. The maximum atomic E-state index is 13.3. The van der Waals surface area contributed by atoms with E-state index in [4.69, 9.17) is 15.7 Å². The van der Waals surface area contributed by atoms with Crippen molar-refractivity contribution in [3.05, 3.63) is 69.8 Å². The van der Waals surface area contributed by atoms with Crippen molar-refractivity contribution in [3.63, 3.8) is 0 Å². The second-order valence-corrected chi connectivity index (χ2v) is 12.5. The van der Waals surface area contributed by atoms with E-state index in [0.717, 1.165) is 49.5 Å². The van der Waals surface area contributed by atoms with Crippen LogP contribution in [-0.2, 0) is 25.7 Å². The lowest BCUT2D eigenvalue weighted by atomic mass is 10.0. The molecule has 0 bridgehead atoms. The van der Waals surface area contributed by atoms with Gasteiger partial charge in [0, 0.05) is 23.0 Å². The molecule has 0 spiro atoms. The molecule has 0 saturated carbocycles. The first kappa shape index (κ1) is 31.6. The van der Waals surface area contributed by atoms with Gasteiger partial charge in [0.1, 0.15) is 34.5 Å². The fraction of sp³-hybridized carbons (Fsp3) is 0.200. The topological polar surface area (TPSA) is 250 Å². The number of carboxylic acid groups (broad SMARTS) is 2. The number of fused-ring (bicyclic) bond motifs is 2. The second-order valence-electron chi connectivity index (χ2n) is 9.62. The second kappa shape index (κ2) is 12.8. The summed E-state index contributed by atoms with van der Waals surface area (Å²) in [6, 6.07) is 6.70. The van der Waals surface area contributed by atoms with Crippen LogP contribution in [0.4, 0.5) is 9.52 Å². The van der Waals surface area contributed by atoms with E-state index in [0.29, 0.717) is 10.6 Å². The van der Waals surface area contributed by atoms with Crippen molar-refractivity contribution in [1.82, 2.24) is 39.0 Å². The lowest BCUT2D eigenvalue weighted by Gasteiger charge is -2.49. The van der Waals surface area contributed by atoms with E-state index in [1.165, 1.54) is 30.0 Å². The number of thioether (sulfide) groups is 2. The Morgan fingerprint density at radius 2 is 1.91 bits per heavy atom. The minimum absolute atomic E-state index is 0.0353. The summed E-state index contributed by atoms with van der Waals surface area (Å²) < 4.78 is 18.9. The highest BCUT2D eigenvalue weighted by atomic mass is 32.2. The van der Waals surface area contributed by atoms with Crippen LogP contribution >= 0.6 is 35.1 Å². The molecular formula is C25H19FN10O8S3. The van der Waals surface area contributed by atoms with Crippen LogP contribution in [-0.4, -0.2) is 96.3 Å². The maximum absolute atomic E-state index is 13.3. The minimum Gasteiger partial charge on any atom is -0.480 e. The number of aromatic nitrogens is 6. The van der Waals surface area contributed by atoms with Crippen molar-refractivity contribution in [2.75, 3.05) is 17.2 Å². The van der Waals surface area contributed by atoms with Crippen LogP contribution in [0, 0.1) is 5.82 Å². The molecule has 1 unspecified atom stereocenters. The van der Waals surface area contributed by atoms with Gasteiger partial charge in [-0.05, 0) is 42.0 Å². The van der Waals surface area contributed by atoms with Crippen LogP contribution in [0.2, 0.25) is 0 Å². The van der Waals surface area contributed by atoms with Gasteiger partial charge in [-0.15, -0.1) is 28.6 Å². The number of oxime groups is 1. The summed E-state index contributed by atoms with van der Waals surface area (Å²) in [5.41, 5.74) is 4.77. The summed E-state index contributed by atoms with van der Waals surface area (Å²) >= 11 is 3.12. The third kappa shape index (κ3) is 6.37. The number of carboxylic acids is 2. The zero-order valence-corrected chi connectivity index (χ0v) is 25.8. The summed E-state index contributed by atoms with van der Waals surface area (Å²) in [5, 5.41) is 33.0. The number of hydrogen-bond donors (Lipinski definition) is 4. The van der Waals surface area contributed by atoms with Gasteiger partial charge >= 0.3 is 17.6 Å². The molecule has 3 aromatic heterocycles. The first-order chi connectivity index (χ1) is 22.5. The molecule has 4 aromatic rings. The molecule has 47 heavy (non-hydrogen) atoms. The largest absolute Gasteiger partial charge is 0.480 e. The molecule has 5 N–H and O–H groups in total. The number of nitrogens with one attached hydrogen (secondary N) is 1. The van der Waals surface area contributed by atoms with Gasteiger partial charge in [0.05, 0.1) is 0 Å². The Morgan fingerprint density at radius 1 is 1.15 bits per heavy atom. The van der Waals surface area contributed by atoms with Crippen LogP contribution in [0.1, 0.15) is 5.82 Å². The predicted octanol–water partition coefficient (Wildman–Crippen LogP) is -0.138. The average molecular weight is 703 g/mol. The molecule has 2 amide bonds. The first-order valence-corrected chi connectivity index (χ1v) is 15.9. The Kier molecular flexibility index (Phi) is 8.62. The van der Waals surface area contributed by atoms with Crippen molar-refractivity contribution in [3.8, 4) is 5.75 Å². The van der Waals surface area contributed by atoms with Crippen LogP contribution in [0.5, 0.6) is 5.75 Å². The number of hydrogen-bond acceptors (Lipinski definition) is 15. The van der Waals surface area contributed by atoms with E-state index < -0.39 is 58.9 Å². The quantitative estimate of drug-likeness (QED) is 0.0687. The standard InChI is InChI=1S/C25H19FN10O8S3/c26-11-1-3-12(4-2-11)44-32-16(19-29-24(27)47-33-19)20(39)28-17-21(40)35-18(23(41)42)10(9-46-22(17)35)8-45-14-6-5-13-30-34(7-15(37)38)25(43)36(13)31-14/h1-6,17,22H,7-9H2,(H,28,39)(H,37,38)(H,41,42)(H2,27,29,33)/b32-16-/t17?,22-/m1/s1. The molecule has 1 fully saturated rings. The van der Waals surface area contributed by atoms with Gasteiger partial charge in [-0.3, -0.25) is 19.3 Å². The number of aliphatic carboxylic acids is 2. The fourth-order valence-electron chi connectivity index (χ4n) is 4.47. The van der Waals surface area contributed by atoms with E-state index >= 15 is 0 Å². The molecule has 1 saturated heterocycles. The predicted molar refractivity (Wildman–Crippen MR) is 163 cm³/mol. The van der Waals surface area contributed by atoms with Crippen LogP contribution in [0.3, 0.4) is 0 Å². The monoisotopic (exact) mass is 702 g/mol. The fourth-order valence-corrected chi connectivity index (χ4v) is 7.25. The third-order valence-electron chi connectivity index (χ3n) is 6.56. The van der Waals surface area contributed by atoms with Crippen LogP contribution < -0.4 is 21.6 Å². The highest BCUT2D eigenvalue weighted by molar-refractivity contribution is 8.01. The Hall–Kier alpha value is -5.35. The number of rotatable bonds is 11. The van der Waals surface area contributed by atoms with Crippen molar-refractivity contribution < 1.29 is 38.6 Å². The summed E-state index contributed by atoms with van der Waals surface area (Å²) in [6.45, 7) is -0.641. The number of carbonyl (C=O) groups excluding carboxylic acids is 2. The highest BCUT2D eigenvalue weighted by Gasteiger charge is 2.54. The average Bonchev–Trinajstić information content (AvgIpc) is 3.60. The van der Waals surface area contributed by atoms with Crippen LogP contribution in [0.25, 0.3) is 5.65 Å². The number of nitrogen functional groups attached to an aromatic ring is 1. The zero-order valence-electron chi connectivity index (χ0n) is 23.3. The van der Waals surface area contributed by atoms with Gasteiger partial charge in [0.25, 0.3) is 11.8 Å². The van der Waals surface area contributed by atoms with Crippen molar-refractivity contribution in [1.29, 1.82) is 0 Å².